The molecule has 1 aromatic heterocycles. The molecule has 0 spiro atoms. The summed E-state index contributed by atoms with van der Waals surface area (Å²) in [5.41, 5.74) is 2.06. The summed E-state index contributed by atoms with van der Waals surface area (Å²) in [6.07, 6.45) is 0. The molecule has 0 fully saturated rings. The molecule has 1 heterocycles. The molecule has 0 saturated heterocycles. The van der Waals surface area contributed by atoms with E-state index < -0.39 is 22.8 Å². The molecule has 8 heteroatoms. The van der Waals surface area contributed by atoms with Crippen molar-refractivity contribution < 1.29 is 24.1 Å². The van der Waals surface area contributed by atoms with Gasteiger partial charge in [0.15, 0.2) is 11.3 Å². The number of nitrogens with zero attached hydrogens (tertiary/aromatic N) is 1. The van der Waals surface area contributed by atoms with Crippen LogP contribution >= 0.6 is 0 Å². The summed E-state index contributed by atoms with van der Waals surface area (Å²) in [6.45, 7) is 0.0781. The van der Waals surface area contributed by atoms with E-state index in [-0.39, 0.29) is 18.2 Å². The largest absolute Gasteiger partial charge is 0.503 e. The van der Waals surface area contributed by atoms with Crippen molar-refractivity contribution in [2.75, 3.05) is 26.6 Å². The van der Waals surface area contributed by atoms with Crippen molar-refractivity contribution in [3.05, 3.63) is 100 Å². The molecule has 0 aliphatic rings. The lowest BCUT2D eigenvalue weighted by Gasteiger charge is -2.18. The standard InChI is InChI=1S/C28H26N2O6/c1-34-22-15-9-18(10-16-22)17-30-27(33)23(24(31)25(35-2)28(30)36-3)26(32)29-21-13-11-20(12-14-21)19-7-5-4-6-8-19/h4-16,31H,17H2,1-3H3,(H,29,32). The first-order chi connectivity index (χ1) is 17.5. The number of carbonyl (C=O) groups is 1. The number of nitrogens with one attached hydrogen (secondary N) is 1. The molecule has 1 amide bonds. The van der Waals surface area contributed by atoms with Gasteiger partial charge < -0.3 is 24.6 Å². The van der Waals surface area contributed by atoms with Crippen LogP contribution in [0.2, 0.25) is 0 Å². The number of rotatable bonds is 8. The first-order valence-electron chi connectivity index (χ1n) is 11.1. The molecule has 0 bridgehead atoms. The Kier molecular flexibility index (Phi) is 7.25. The average Bonchev–Trinajstić information content (AvgIpc) is 2.91. The number of benzene rings is 3. The minimum absolute atomic E-state index is 0.000387. The Morgan fingerprint density at radius 1 is 0.833 bits per heavy atom. The van der Waals surface area contributed by atoms with Crippen LogP contribution in [0.15, 0.2) is 83.7 Å². The van der Waals surface area contributed by atoms with Gasteiger partial charge >= 0.3 is 0 Å². The van der Waals surface area contributed by atoms with Gasteiger partial charge in [-0.05, 0) is 41.0 Å². The van der Waals surface area contributed by atoms with Gasteiger partial charge in [-0.1, -0.05) is 54.6 Å². The van der Waals surface area contributed by atoms with Crippen LogP contribution in [-0.2, 0) is 6.54 Å². The summed E-state index contributed by atoms with van der Waals surface area (Å²) in [5.74, 6) is -0.812. The highest BCUT2D eigenvalue weighted by molar-refractivity contribution is 6.06. The number of amides is 1. The van der Waals surface area contributed by atoms with Crippen LogP contribution < -0.4 is 25.1 Å². The Labute approximate surface area is 208 Å². The third-order valence-electron chi connectivity index (χ3n) is 5.72. The number of anilines is 1. The molecular formula is C28H26N2O6. The molecule has 0 aliphatic carbocycles. The second kappa shape index (κ2) is 10.7. The van der Waals surface area contributed by atoms with E-state index in [1.165, 1.54) is 18.8 Å². The van der Waals surface area contributed by atoms with Crippen molar-refractivity contribution in [3.63, 3.8) is 0 Å². The number of hydrogen-bond donors (Lipinski definition) is 2. The maximum absolute atomic E-state index is 13.4. The maximum atomic E-state index is 13.4. The maximum Gasteiger partial charge on any atom is 0.270 e. The summed E-state index contributed by atoms with van der Waals surface area (Å²) in [5, 5.41) is 13.5. The summed E-state index contributed by atoms with van der Waals surface area (Å²) < 4.78 is 17.1. The van der Waals surface area contributed by atoms with E-state index in [0.29, 0.717) is 11.4 Å². The molecule has 3 aromatic carbocycles. The van der Waals surface area contributed by atoms with E-state index in [2.05, 4.69) is 5.32 Å². The van der Waals surface area contributed by atoms with Gasteiger partial charge in [-0.3, -0.25) is 14.2 Å². The number of carbonyl (C=O) groups excluding carboxylic acids is 1. The number of ether oxygens (including phenoxy) is 3. The van der Waals surface area contributed by atoms with Crippen LogP contribution in [0.25, 0.3) is 11.1 Å². The lowest BCUT2D eigenvalue weighted by Crippen LogP contribution is -2.31. The van der Waals surface area contributed by atoms with Crippen molar-refractivity contribution in [2.24, 2.45) is 0 Å². The predicted molar refractivity (Wildman–Crippen MR) is 137 cm³/mol. The van der Waals surface area contributed by atoms with Crippen molar-refractivity contribution >= 4 is 11.6 Å². The molecule has 0 unspecified atom stereocenters. The first kappa shape index (κ1) is 24.4. The fourth-order valence-corrected chi connectivity index (χ4v) is 3.88. The van der Waals surface area contributed by atoms with Crippen LogP contribution in [0, 0.1) is 0 Å². The van der Waals surface area contributed by atoms with E-state index in [9.17, 15) is 14.7 Å². The number of aromatic nitrogens is 1. The van der Waals surface area contributed by atoms with Crippen LogP contribution in [0.3, 0.4) is 0 Å². The zero-order valence-electron chi connectivity index (χ0n) is 20.1. The summed E-state index contributed by atoms with van der Waals surface area (Å²) >= 11 is 0. The first-order valence-corrected chi connectivity index (χ1v) is 11.1. The van der Waals surface area contributed by atoms with Gasteiger partial charge in [-0.25, -0.2) is 0 Å². The van der Waals surface area contributed by atoms with Crippen molar-refractivity contribution in [1.29, 1.82) is 0 Å². The highest BCUT2D eigenvalue weighted by Crippen LogP contribution is 2.37. The summed E-state index contributed by atoms with van der Waals surface area (Å²) in [7, 11) is 4.24. The molecule has 36 heavy (non-hydrogen) atoms. The van der Waals surface area contributed by atoms with Gasteiger partial charge in [-0.2, -0.15) is 0 Å². The van der Waals surface area contributed by atoms with Gasteiger partial charge in [0.25, 0.3) is 11.5 Å². The Hall–Kier alpha value is -4.72. The molecule has 184 valence electrons. The van der Waals surface area contributed by atoms with E-state index in [1.807, 2.05) is 42.5 Å². The van der Waals surface area contributed by atoms with Gasteiger partial charge in [0.05, 0.1) is 27.9 Å². The van der Waals surface area contributed by atoms with Crippen molar-refractivity contribution in [3.8, 4) is 34.3 Å². The third-order valence-corrected chi connectivity index (χ3v) is 5.72. The number of aromatic hydroxyl groups is 1. The van der Waals surface area contributed by atoms with Crippen molar-refractivity contribution in [1.82, 2.24) is 4.57 Å². The lowest BCUT2D eigenvalue weighted by molar-refractivity contribution is 0.102. The van der Waals surface area contributed by atoms with Gasteiger partial charge in [-0.15, -0.1) is 0 Å². The second-order valence-electron chi connectivity index (χ2n) is 7.90. The van der Waals surface area contributed by atoms with Gasteiger partial charge in [0.2, 0.25) is 11.6 Å². The smallest absolute Gasteiger partial charge is 0.270 e. The van der Waals surface area contributed by atoms with E-state index in [1.54, 1.807) is 43.5 Å². The topological polar surface area (TPSA) is 99.0 Å². The third kappa shape index (κ3) is 4.88. The summed E-state index contributed by atoms with van der Waals surface area (Å²) in [4.78, 5) is 26.6. The molecule has 0 atom stereocenters. The second-order valence-corrected chi connectivity index (χ2v) is 7.90. The predicted octanol–water partition coefficient (Wildman–Crippen LogP) is 4.55. The molecule has 0 radical (unpaired) electrons. The zero-order valence-corrected chi connectivity index (χ0v) is 20.1. The highest BCUT2D eigenvalue weighted by atomic mass is 16.5. The van der Waals surface area contributed by atoms with E-state index >= 15 is 0 Å². The minimum Gasteiger partial charge on any atom is -0.503 e. The average molecular weight is 487 g/mol. The van der Waals surface area contributed by atoms with Crippen LogP contribution in [0.5, 0.6) is 23.1 Å². The monoisotopic (exact) mass is 486 g/mol. The Morgan fingerprint density at radius 3 is 2.06 bits per heavy atom. The molecule has 4 aromatic rings. The van der Waals surface area contributed by atoms with Gasteiger partial charge in [0.1, 0.15) is 5.75 Å². The molecule has 2 N–H and O–H groups in total. The fourth-order valence-electron chi connectivity index (χ4n) is 3.88. The summed E-state index contributed by atoms with van der Waals surface area (Å²) in [6, 6.07) is 24.1. The molecular weight excluding hydrogens is 460 g/mol. The number of pyridine rings is 1. The highest BCUT2D eigenvalue weighted by Gasteiger charge is 2.28. The van der Waals surface area contributed by atoms with Crippen molar-refractivity contribution in [2.45, 2.75) is 6.54 Å². The Balaban J connectivity index is 1.68. The molecule has 4 rings (SSSR count). The number of methoxy groups -OCH3 is 3. The minimum atomic E-state index is -0.769. The number of hydrogen-bond acceptors (Lipinski definition) is 6. The molecule has 8 nitrogen and oxygen atoms in total. The van der Waals surface area contributed by atoms with Crippen LogP contribution in [0.1, 0.15) is 15.9 Å². The van der Waals surface area contributed by atoms with Crippen LogP contribution in [0.4, 0.5) is 5.69 Å². The van der Waals surface area contributed by atoms with E-state index in [4.69, 9.17) is 14.2 Å². The fraction of sp³-hybridized carbons (Fsp3) is 0.143. The quantitative estimate of drug-likeness (QED) is 0.379. The van der Waals surface area contributed by atoms with Gasteiger partial charge in [0, 0.05) is 5.69 Å². The SMILES string of the molecule is COc1ccc(Cn2c(OC)c(OC)c(O)c(C(=O)Nc3ccc(-c4ccccc4)cc3)c2=O)cc1. The Bertz CT molecular complexity index is 1410. The normalized spacial score (nSPS) is 10.5. The van der Waals surface area contributed by atoms with Crippen LogP contribution in [-0.4, -0.2) is 36.9 Å². The molecule has 0 saturated carbocycles. The van der Waals surface area contributed by atoms with E-state index in [0.717, 1.165) is 16.7 Å². The Morgan fingerprint density at radius 2 is 1.47 bits per heavy atom. The molecule has 0 aliphatic heterocycles. The zero-order chi connectivity index (χ0) is 25.7. The lowest BCUT2D eigenvalue weighted by atomic mass is 10.1.